The van der Waals surface area contributed by atoms with Gasteiger partial charge in [-0.3, -0.25) is 14.4 Å². The minimum absolute atomic E-state index is 0.102. The summed E-state index contributed by atoms with van der Waals surface area (Å²) in [4.78, 5) is 33.8. The molecule has 0 spiro atoms. The van der Waals surface area contributed by atoms with Crippen molar-refractivity contribution in [3.8, 4) is 0 Å². The lowest BCUT2D eigenvalue weighted by Crippen LogP contribution is -2.26. The highest BCUT2D eigenvalue weighted by molar-refractivity contribution is 5.87. The molecule has 0 saturated carbocycles. The first-order chi connectivity index (χ1) is 12.6. The lowest BCUT2D eigenvalue weighted by atomic mass is 10.1. The van der Waals surface area contributed by atoms with Crippen molar-refractivity contribution >= 4 is 17.8 Å². The Morgan fingerprint density at radius 3 is 2.04 bits per heavy atom. The molecular formula is C20H35NO5. The number of allylic oxidation sites excluding steroid dienone is 1. The van der Waals surface area contributed by atoms with Crippen molar-refractivity contribution in [2.45, 2.75) is 78.1 Å². The second kappa shape index (κ2) is 18.0. The Labute approximate surface area is 157 Å². The summed E-state index contributed by atoms with van der Waals surface area (Å²) >= 11 is 0. The first kappa shape index (κ1) is 24.1. The number of esters is 2. The molecule has 0 saturated heterocycles. The normalized spacial score (nSPS) is 10.7. The molecule has 6 nitrogen and oxygen atoms in total. The third kappa shape index (κ3) is 17.0. The molecule has 0 aromatic carbocycles. The van der Waals surface area contributed by atoms with Crippen LogP contribution in [-0.4, -0.2) is 37.6 Å². The summed E-state index contributed by atoms with van der Waals surface area (Å²) in [5.41, 5.74) is 0. The minimum atomic E-state index is -0.226. The molecule has 0 rings (SSSR count). The highest BCUT2D eigenvalue weighted by atomic mass is 16.5. The Bertz CT molecular complexity index is 420. The van der Waals surface area contributed by atoms with E-state index in [4.69, 9.17) is 9.47 Å². The molecule has 0 bridgehead atoms. The molecular weight excluding hydrogens is 334 g/mol. The lowest BCUT2D eigenvalue weighted by molar-refractivity contribution is -0.144. The maximum Gasteiger partial charge on any atom is 0.305 e. The first-order valence-corrected chi connectivity index (χ1v) is 9.85. The zero-order valence-corrected chi connectivity index (χ0v) is 16.4. The fourth-order valence-corrected chi connectivity index (χ4v) is 2.22. The van der Waals surface area contributed by atoms with Gasteiger partial charge in [0.2, 0.25) is 5.91 Å². The number of carbonyl (C=O) groups excluding carboxylic acids is 3. The number of rotatable bonds is 16. The number of nitrogens with one attached hydrogen (secondary N) is 1. The van der Waals surface area contributed by atoms with Gasteiger partial charge in [-0.15, -0.1) is 0 Å². The van der Waals surface area contributed by atoms with Gasteiger partial charge in [0.15, 0.2) is 0 Å². The zero-order chi connectivity index (χ0) is 19.5. The molecule has 150 valence electrons. The summed E-state index contributed by atoms with van der Waals surface area (Å²) in [5, 5.41) is 2.68. The molecule has 0 radical (unpaired) electrons. The second-order valence-electron chi connectivity index (χ2n) is 6.19. The molecule has 0 aliphatic rings. The van der Waals surface area contributed by atoms with Crippen molar-refractivity contribution in [1.82, 2.24) is 5.32 Å². The maximum absolute atomic E-state index is 11.5. The van der Waals surface area contributed by atoms with E-state index in [1.54, 1.807) is 0 Å². The molecule has 0 heterocycles. The van der Waals surface area contributed by atoms with Crippen molar-refractivity contribution in [2.24, 2.45) is 0 Å². The summed E-state index contributed by atoms with van der Waals surface area (Å²) in [5.74, 6) is -0.489. The summed E-state index contributed by atoms with van der Waals surface area (Å²) in [6.45, 7) is 4.95. The maximum atomic E-state index is 11.5. The molecule has 0 fully saturated rings. The average molecular weight is 370 g/mol. The number of ether oxygens (including phenoxy) is 2. The van der Waals surface area contributed by atoms with Crippen LogP contribution in [0.1, 0.15) is 78.1 Å². The van der Waals surface area contributed by atoms with Gasteiger partial charge in [-0.1, -0.05) is 39.2 Å². The van der Waals surface area contributed by atoms with E-state index >= 15 is 0 Å². The van der Waals surface area contributed by atoms with E-state index in [1.807, 2.05) is 19.9 Å². The molecule has 1 amide bonds. The molecule has 0 aromatic heterocycles. The highest BCUT2D eigenvalue weighted by Crippen LogP contribution is 2.06. The quantitative estimate of drug-likeness (QED) is 0.255. The van der Waals surface area contributed by atoms with Crippen LogP contribution in [0.3, 0.4) is 0 Å². The zero-order valence-electron chi connectivity index (χ0n) is 16.4. The van der Waals surface area contributed by atoms with Gasteiger partial charge in [0.05, 0.1) is 13.2 Å². The minimum Gasteiger partial charge on any atom is -0.466 e. The summed E-state index contributed by atoms with van der Waals surface area (Å²) in [6, 6.07) is 0. The fourth-order valence-electron chi connectivity index (χ4n) is 2.22. The monoisotopic (exact) mass is 369 g/mol. The van der Waals surface area contributed by atoms with Gasteiger partial charge >= 0.3 is 11.9 Å². The Morgan fingerprint density at radius 1 is 0.808 bits per heavy atom. The summed E-state index contributed by atoms with van der Waals surface area (Å²) < 4.78 is 10.0. The van der Waals surface area contributed by atoms with Crippen LogP contribution in [0.4, 0.5) is 0 Å². The lowest BCUT2D eigenvalue weighted by Gasteiger charge is -2.04. The Morgan fingerprint density at radius 2 is 1.38 bits per heavy atom. The van der Waals surface area contributed by atoms with Crippen LogP contribution in [-0.2, 0) is 23.9 Å². The molecule has 6 heteroatoms. The van der Waals surface area contributed by atoms with E-state index in [1.165, 1.54) is 6.08 Å². The van der Waals surface area contributed by atoms with E-state index in [9.17, 15) is 14.4 Å². The predicted octanol–water partition coefficient (Wildman–Crippen LogP) is 3.69. The van der Waals surface area contributed by atoms with Crippen LogP contribution < -0.4 is 5.32 Å². The Hall–Kier alpha value is -1.85. The van der Waals surface area contributed by atoms with Crippen molar-refractivity contribution in [3.05, 3.63) is 12.2 Å². The average Bonchev–Trinajstić information content (AvgIpc) is 2.61. The summed E-state index contributed by atoms with van der Waals surface area (Å²) in [6.07, 6.45) is 12.0. The standard InChI is InChI=1S/C20H35NO5/c1-3-12-19(23)25-16-11-9-7-5-6-8-10-14-18(22)21-15-17-26-20(24)13-4-2/h10,14H,3-9,11-13,15-17H2,1-2H3,(H,21,22)/b14-10+. The van der Waals surface area contributed by atoms with Crippen LogP contribution in [0.5, 0.6) is 0 Å². The van der Waals surface area contributed by atoms with Gasteiger partial charge in [-0.2, -0.15) is 0 Å². The van der Waals surface area contributed by atoms with Crippen LogP contribution in [0.2, 0.25) is 0 Å². The van der Waals surface area contributed by atoms with Gasteiger partial charge in [0.1, 0.15) is 6.61 Å². The predicted molar refractivity (Wildman–Crippen MR) is 102 cm³/mol. The number of hydrogen-bond donors (Lipinski definition) is 1. The van der Waals surface area contributed by atoms with Gasteiger partial charge in [0, 0.05) is 12.8 Å². The summed E-state index contributed by atoms with van der Waals surface area (Å²) in [7, 11) is 0. The highest BCUT2D eigenvalue weighted by Gasteiger charge is 2.01. The van der Waals surface area contributed by atoms with E-state index in [0.29, 0.717) is 26.0 Å². The smallest absolute Gasteiger partial charge is 0.305 e. The Kier molecular flexibility index (Phi) is 16.7. The van der Waals surface area contributed by atoms with E-state index in [0.717, 1.165) is 51.4 Å². The third-order valence-corrected chi connectivity index (χ3v) is 3.62. The Balaban J connectivity index is 3.40. The largest absolute Gasteiger partial charge is 0.466 e. The first-order valence-electron chi connectivity index (χ1n) is 9.85. The number of hydrogen-bond acceptors (Lipinski definition) is 5. The van der Waals surface area contributed by atoms with Crippen LogP contribution in [0.15, 0.2) is 12.2 Å². The van der Waals surface area contributed by atoms with Crippen molar-refractivity contribution in [1.29, 1.82) is 0 Å². The van der Waals surface area contributed by atoms with Crippen molar-refractivity contribution in [2.75, 3.05) is 19.8 Å². The fraction of sp³-hybridized carbons (Fsp3) is 0.750. The van der Waals surface area contributed by atoms with E-state index < -0.39 is 0 Å². The molecule has 0 atom stereocenters. The van der Waals surface area contributed by atoms with Gasteiger partial charge < -0.3 is 14.8 Å². The number of amides is 1. The van der Waals surface area contributed by atoms with Crippen molar-refractivity contribution < 1.29 is 23.9 Å². The second-order valence-corrected chi connectivity index (χ2v) is 6.19. The third-order valence-electron chi connectivity index (χ3n) is 3.62. The topological polar surface area (TPSA) is 81.7 Å². The van der Waals surface area contributed by atoms with Gasteiger partial charge in [-0.05, 0) is 38.2 Å². The van der Waals surface area contributed by atoms with Gasteiger partial charge in [0.25, 0.3) is 0 Å². The van der Waals surface area contributed by atoms with Crippen LogP contribution in [0.25, 0.3) is 0 Å². The van der Waals surface area contributed by atoms with E-state index in [-0.39, 0.29) is 24.5 Å². The van der Waals surface area contributed by atoms with Crippen LogP contribution >= 0.6 is 0 Å². The van der Waals surface area contributed by atoms with Crippen molar-refractivity contribution in [3.63, 3.8) is 0 Å². The van der Waals surface area contributed by atoms with Crippen LogP contribution in [0, 0.1) is 0 Å². The molecule has 0 aliphatic carbocycles. The van der Waals surface area contributed by atoms with E-state index in [2.05, 4.69) is 5.32 Å². The molecule has 0 aromatic rings. The molecule has 0 aliphatic heterocycles. The molecule has 1 N–H and O–H groups in total. The SMILES string of the molecule is CCCC(=O)OCCCCCCC/C=C/C(=O)NCCOC(=O)CCC. The number of carbonyl (C=O) groups is 3. The van der Waals surface area contributed by atoms with Gasteiger partial charge in [-0.25, -0.2) is 0 Å². The number of unbranched alkanes of at least 4 members (excludes halogenated alkanes) is 5. The molecule has 0 unspecified atom stereocenters. The molecule has 26 heavy (non-hydrogen) atoms.